The van der Waals surface area contributed by atoms with E-state index in [4.69, 9.17) is 0 Å². The van der Waals surface area contributed by atoms with Gasteiger partial charge in [-0.25, -0.2) is 4.98 Å². The number of aliphatic hydroxyl groups excluding tert-OH is 1. The topological polar surface area (TPSA) is 96.2 Å². The van der Waals surface area contributed by atoms with Crippen molar-refractivity contribution in [3.8, 4) is 0 Å². The number of anilines is 1. The molecule has 2 aromatic heterocycles. The van der Waals surface area contributed by atoms with Gasteiger partial charge in [-0.05, 0) is 19.4 Å². The second kappa shape index (κ2) is 7.82. The van der Waals surface area contributed by atoms with E-state index in [0.717, 1.165) is 38.3 Å². The lowest BCUT2D eigenvalue weighted by molar-refractivity contribution is -0.116. The number of thiazole rings is 1. The number of aromatic nitrogens is 4. The fourth-order valence-corrected chi connectivity index (χ4v) is 3.61. The van der Waals surface area contributed by atoms with Gasteiger partial charge in [0.05, 0.1) is 0 Å². The number of amides is 1. The van der Waals surface area contributed by atoms with Crippen molar-refractivity contribution < 1.29 is 9.90 Å². The van der Waals surface area contributed by atoms with Crippen LogP contribution in [-0.4, -0.2) is 55.3 Å². The molecule has 0 spiro atoms. The zero-order chi connectivity index (χ0) is 16.9. The molecule has 2 aromatic rings. The lowest BCUT2D eigenvalue weighted by Gasteiger charge is -2.31. The van der Waals surface area contributed by atoms with Crippen LogP contribution < -0.4 is 5.32 Å². The normalized spacial score (nSPS) is 18.7. The molecule has 3 heterocycles. The van der Waals surface area contributed by atoms with E-state index in [1.807, 2.05) is 17.0 Å². The second-order valence-corrected chi connectivity index (χ2v) is 6.86. The standard InChI is InChI=1S/C15H22N6O2S/c1-20-12(10-22)18-19-14(20)11-3-2-6-21(9-11)7-4-13(23)17-15-16-5-8-24-15/h5,8,11,22H,2-4,6-7,9-10H2,1H3,(H,16,17,23)/t11-/m1/s1. The van der Waals surface area contributed by atoms with Crippen LogP contribution in [0.5, 0.6) is 0 Å². The summed E-state index contributed by atoms with van der Waals surface area (Å²) in [7, 11) is 1.89. The van der Waals surface area contributed by atoms with Crippen molar-refractivity contribution in [1.29, 1.82) is 0 Å². The molecule has 0 unspecified atom stereocenters. The third-order valence-electron chi connectivity index (χ3n) is 4.34. The first-order valence-electron chi connectivity index (χ1n) is 8.08. The van der Waals surface area contributed by atoms with Crippen molar-refractivity contribution in [2.24, 2.45) is 7.05 Å². The van der Waals surface area contributed by atoms with Gasteiger partial charge in [0.2, 0.25) is 5.91 Å². The van der Waals surface area contributed by atoms with Crippen LogP contribution in [0.4, 0.5) is 5.13 Å². The Morgan fingerprint density at radius 1 is 1.50 bits per heavy atom. The van der Waals surface area contributed by atoms with E-state index in [1.54, 1.807) is 6.20 Å². The minimum atomic E-state index is -0.100. The number of hydrogen-bond donors (Lipinski definition) is 2. The van der Waals surface area contributed by atoms with Gasteiger partial charge in [-0.3, -0.25) is 4.79 Å². The summed E-state index contributed by atoms with van der Waals surface area (Å²) in [6.45, 7) is 2.48. The maximum absolute atomic E-state index is 12.0. The SMILES string of the molecule is Cn1c(CO)nnc1[C@@H]1CCCN(CCC(=O)Nc2nccs2)C1. The van der Waals surface area contributed by atoms with Gasteiger partial charge in [0.25, 0.3) is 0 Å². The largest absolute Gasteiger partial charge is 0.388 e. The number of aliphatic hydroxyl groups is 1. The van der Waals surface area contributed by atoms with Crippen LogP contribution in [0.15, 0.2) is 11.6 Å². The van der Waals surface area contributed by atoms with Crippen molar-refractivity contribution in [2.45, 2.75) is 31.8 Å². The summed E-state index contributed by atoms with van der Waals surface area (Å²) < 4.78 is 1.88. The highest BCUT2D eigenvalue weighted by molar-refractivity contribution is 7.13. The van der Waals surface area contributed by atoms with E-state index in [-0.39, 0.29) is 12.5 Å². The molecular formula is C15H22N6O2S. The molecule has 0 saturated carbocycles. The van der Waals surface area contributed by atoms with Gasteiger partial charge >= 0.3 is 0 Å². The molecule has 1 atom stereocenters. The van der Waals surface area contributed by atoms with Gasteiger partial charge in [-0.2, -0.15) is 0 Å². The fraction of sp³-hybridized carbons (Fsp3) is 0.600. The zero-order valence-electron chi connectivity index (χ0n) is 13.7. The van der Waals surface area contributed by atoms with Gasteiger partial charge in [0.15, 0.2) is 11.0 Å². The Morgan fingerprint density at radius 2 is 2.38 bits per heavy atom. The Morgan fingerprint density at radius 3 is 3.08 bits per heavy atom. The summed E-state index contributed by atoms with van der Waals surface area (Å²) in [5.41, 5.74) is 0. The van der Waals surface area contributed by atoms with Crippen LogP contribution in [-0.2, 0) is 18.4 Å². The maximum Gasteiger partial charge on any atom is 0.227 e. The van der Waals surface area contributed by atoms with E-state index in [1.165, 1.54) is 11.3 Å². The molecular weight excluding hydrogens is 328 g/mol. The third-order valence-corrected chi connectivity index (χ3v) is 5.03. The minimum absolute atomic E-state index is 0.00621. The Bertz CT molecular complexity index is 672. The first-order valence-corrected chi connectivity index (χ1v) is 8.96. The van der Waals surface area contributed by atoms with Crippen LogP contribution in [0.1, 0.15) is 36.8 Å². The Kier molecular flexibility index (Phi) is 5.54. The summed E-state index contributed by atoms with van der Waals surface area (Å²) in [4.78, 5) is 18.3. The first-order chi connectivity index (χ1) is 11.7. The van der Waals surface area contributed by atoms with Crippen LogP contribution in [0.2, 0.25) is 0 Å². The van der Waals surface area contributed by atoms with Gasteiger partial charge in [-0.1, -0.05) is 0 Å². The highest BCUT2D eigenvalue weighted by Gasteiger charge is 2.26. The van der Waals surface area contributed by atoms with Crippen LogP contribution in [0.3, 0.4) is 0 Å². The molecule has 0 radical (unpaired) electrons. The van der Waals surface area contributed by atoms with Gasteiger partial charge in [-0.15, -0.1) is 21.5 Å². The maximum atomic E-state index is 12.0. The van der Waals surface area contributed by atoms with Crippen molar-refractivity contribution in [3.63, 3.8) is 0 Å². The lowest BCUT2D eigenvalue weighted by Crippen LogP contribution is -2.37. The number of nitrogens with zero attached hydrogens (tertiary/aromatic N) is 5. The predicted octanol–water partition coefficient (Wildman–Crippen LogP) is 0.972. The summed E-state index contributed by atoms with van der Waals surface area (Å²) in [5.74, 6) is 1.79. The molecule has 1 amide bonds. The molecule has 0 bridgehead atoms. The van der Waals surface area contributed by atoms with Crippen LogP contribution in [0, 0.1) is 0 Å². The number of piperidine rings is 1. The molecule has 0 aromatic carbocycles. The summed E-state index contributed by atoms with van der Waals surface area (Å²) in [6.07, 6.45) is 4.25. The molecule has 0 aliphatic carbocycles. The molecule has 130 valence electrons. The van der Waals surface area contributed by atoms with E-state index in [2.05, 4.69) is 25.4 Å². The highest BCUT2D eigenvalue weighted by atomic mass is 32.1. The average molecular weight is 350 g/mol. The summed E-state index contributed by atoms with van der Waals surface area (Å²) >= 11 is 1.42. The molecule has 9 heteroatoms. The Hall–Kier alpha value is -1.84. The second-order valence-electron chi connectivity index (χ2n) is 5.97. The quantitative estimate of drug-likeness (QED) is 0.806. The van der Waals surface area contributed by atoms with Crippen LogP contribution in [0.25, 0.3) is 0 Å². The number of likely N-dealkylation sites (tertiary alicyclic amines) is 1. The fourth-order valence-electron chi connectivity index (χ4n) is 3.06. The van der Waals surface area contributed by atoms with E-state index >= 15 is 0 Å². The Balaban J connectivity index is 1.52. The van der Waals surface area contributed by atoms with Gasteiger partial charge < -0.3 is 19.9 Å². The smallest absolute Gasteiger partial charge is 0.227 e. The minimum Gasteiger partial charge on any atom is -0.388 e. The van der Waals surface area contributed by atoms with Crippen molar-refractivity contribution >= 4 is 22.4 Å². The van der Waals surface area contributed by atoms with E-state index in [9.17, 15) is 9.90 Å². The first kappa shape index (κ1) is 17.0. The predicted molar refractivity (Wildman–Crippen MR) is 90.7 cm³/mol. The number of hydrogen-bond acceptors (Lipinski definition) is 7. The number of carbonyl (C=O) groups excluding carboxylic acids is 1. The average Bonchev–Trinajstić information content (AvgIpc) is 3.22. The molecule has 1 saturated heterocycles. The van der Waals surface area contributed by atoms with Crippen LogP contribution >= 0.6 is 11.3 Å². The summed E-state index contributed by atoms with van der Waals surface area (Å²) in [5, 5.41) is 22.8. The number of nitrogens with one attached hydrogen (secondary N) is 1. The number of rotatable bonds is 6. The number of carbonyl (C=O) groups is 1. The molecule has 3 rings (SSSR count). The monoisotopic (exact) mass is 350 g/mol. The van der Waals surface area contributed by atoms with Gasteiger partial charge in [0.1, 0.15) is 12.4 Å². The molecule has 24 heavy (non-hydrogen) atoms. The van der Waals surface area contributed by atoms with E-state index < -0.39 is 0 Å². The molecule has 1 aliphatic heterocycles. The van der Waals surface area contributed by atoms with Gasteiger partial charge in [0, 0.05) is 44.1 Å². The molecule has 1 aliphatic rings. The van der Waals surface area contributed by atoms with Crippen molar-refractivity contribution in [1.82, 2.24) is 24.6 Å². The third kappa shape index (κ3) is 3.97. The zero-order valence-corrected chi connectivity index (χ0v) is 14.5. The highest BCUT2D eigenvalue weighted by Crippen LogP contribution is 2.25. The molecule has 2 N–H and O–H groups in total. The summed E-state index contributed by atoms with van der Waals surface area (Å²) in [6, 6.07) is 0. The van der Waals surface area contributed by atoms with Crippen molar-refractivity contribution in [3.05, 3.63) is 23.2 Å². The molecule has 1 fully saturated rings. The van der Waals surface area contributed by atoms with Crippen molar-refractivity contribution in [2.75, 3.05) is 25.0 Å². The molecule has 8 nitrogen and oxygen atoms in total. The van der Waals surface area contributed by atoms with E-state index in [0.29, 0.717) is 23.3 Å². The Labute approximate surface area is 144 Å². The lowest BCUT2D eigenvalue weighted by atomic mass is 9.97.